The van der Waals surface area contributed by atoms with Crippen molar-refractivity contribution >= 4 is 17.5 Å². The molecule has 0 aliphatic heterocycles. The molecule has 1 aromatic heterocycles. The van der Waals surface area contributed by atoms with E-state index in [0.717, 1.165) is 12.0 Å². The normalized spacial score (nSPS) is 12.9. The second kappa shape index (κ2) is 8.82. The van der Waals surface area contributed by atoms with Gasteiger partial charge in [0.25, 0.3) is 5.56 Å². The second-order valence-corrected chi connectivity index (χ2v) is 7.54. The number of hydrogen-bond acceptors (Lipinski definition) is 2. The Bertz CT molecular complexity index is 890. The molecule has 1 amide bonds. The van der Waals surface area contributed by atoms with E-state index in [1.165, 1.54) is 5.56 Å². The van der Waals surface area contributed by atoms with Crippen molar-refractivity contribution in [1.29, 1.82) is 0 Å². The molecule has 0 saturated carbocycles. The summed E-state index contributed by atoms with van der Waals surface area (Å²) in [6.07, 6.45) is -3.12. The van der Waals surface area contributed by atoms with E-state index >= 15 is 0 Å². The van der Waals surface area contributed by atoms with Gasteiger partial charge in [-0.1, -0.05) is 49.7 Å². The van der Waals surface area contributed by atoms with E-state index < -0.39 is 34.8 Å². The Balaban J connectivity index is 2.09. The van der Waals surface area contributed by atoms with Crippen molar-refractivity contribution in [3.63, 3.8) is 0 Å². The molecule has 1 N–H and O–H groups in total. The molecule has 0 bridgehead atoms. The molecule has 2 rings (SSSR count). The van der Waals surface area contributed by atoms with E-state index in [1.54, 1.807) is 6.92 Å². The zero-order valence-electron chi connectivity index (χ0n) is 15.8. The maximum Gasteiger partial charge on any atom is 0.417 e. The van der Waals surface area contributed by atoms with Crippen molar-refractivity contribution < 1.29 is 18.0 Å². The van der Waals surface area contributed by atoms with Gasteiger partial charge in [0.1, 0.15) is 11.6 Å². The number of amides is 1. The quantitative estimate of drug-likeness (QED) is 0.751. The van der Waals surface area contributed by atoms with Gasteiger partial charge in [-0.2, -0.15) is 13.2 Å². The minimum atomic E-state index is -4.67. The Morgan fingerprint density at radius 3 is 2.32 bits per heavy atom. The van der Waals surface area contributed by atoms with Gasteiger partial charge in [-0.3, -0.25) is 9.59 Å². The maximum atomic E-state index is 12.9. The highest BCUT2D eigenvalue weighted by Gasteiger charge is 2.32. The van der Waals surface area contributed by atoms with Crippen LogP contribution >= 0.6 is 11.6 Å². The predicted molar refractivity (Wildman–Crippen MR) is 102 cm³/mol. The summed E-state index contributed by atoms with van der Waals surface area (Å²) >= 11 is 5.60. The van der Waals surface area contributed by atoms with Gasteiger partial charge < -0.3 is 9.88 Å². The summed E-state index contributed by atoms with van der Waals surface area (Å²) < 4.78 is 39.3. The van der Waals surface area contributed by atoms with Crippen LogP contribution < -0.4 is 10.9 Å². The van der Waals surface area contributed by atoms with E-state index in [9.17, 15) is 22.8 Å². The van der Waals surface area contributed by atoms with Crippen LogP contribution in [0.3, 0.4) is 0 Å². The first-order chi connectivity index (χ1) is 13.0. The fourth-order valence-electron chi connectivity index (χ4n) is 2.81. The molecule has 28 heavy (non-hydrogen) atoms. The number of benzene rings is 1. The molecule has 0 spiro atoms. The molecule has 0 radical (unpaired) electrons. The summed E-state index contributed by atoms with van der Waals surface area (Å²) in [6, 6.07) is 7.95. The van der Waals surface area contributed by atoms with Gasteiger partial charge in [0.05, 0.1) is 11.6 Å². The summed E-state index contributed by atoms with van der Waals surface area (Å²) in [7, 11) is 0. The summed E-state index contributed by atoms with van der Waals surface area (Å²) in [5.74, 6) is -0.0585. The number of alkyl halides is 3. The minimum absolute atomic E-state index is 0.363. The predicted octanol–water partition coefficient (Wildman–Crippen LogP) is 4.60. The first kappa shape index (κ1) is 22.0. The molecule has 0 aliphatic carbocycles. The Hall–Kier alpha value is -2.28. The summed E-state index contributed by atoms with van der Waals surface area (Å²) in [4.78, 5) is 24.2. The number of aromatic nitrogens is 1. The van der Waals surface area contributed by atoms with Crippen LogP contribution in [-0.4, -0.2) is 10.5 Å². The standard InChI is InChI=1S/C20H22ClF3N2O2/c1-12(2)8-14-4-6-15(7-5-14)13(3)25-18(27)11-26-10-16(20(22,23)24)9-17(21)19(26)28/h4-7,9-10,12-13H,8,11H2,1-3H3,(H,25,27)/t13-/m0/s1. The number of carbonyl (C=O) groups is 1. The number of nitrogens with zero attached hydrogens (tertiary/aromatic N) is 1. The Labute approximate surface area is 166 Å². The molecule has 4 nitrogen and oxygen atoms in total. The van der Waals surface area contributed by atoms with Crippen molar-refractivity contribution in [1.82, 2.24) is 9.88 Å². The molecular formula is C20H22ClF3N2O2. The molecule has 0 unspecified atom stereocenters. The molecule has 8 heteroatoms. The maximum absolute atomic E-state index is 12.9. The van der Waals surface area contributed by atoms with Crippen molar-refractivity contribution in [3.05, 3.63) is 68.6 Å². The average Bonchev–Trinajstić information content (AvgIpc) is 2.57. The van der Waals surface area contributed by atoms with E-state index in [1.807, 2.05) is 24.3 Å². The van der Waals surface area contributed by atoms with Gasteiger partial charge in [0.2, 0.25) is 5.91 Å². The Morgan fingerprint density at radius 2 is 1.79 bits per heavy atom. The number of nitrogens with one attached hydrogen (secondary N) is 1. The van der Waals surface area contributed by atoms with E-state index in [-0.39, 0.29) is 6.04 Å². The molecule has 1 atom stereocenters. The minimum Gasteiger partial charge on any atom is -0.348 e. The molecule has 1 heterocycles. The number of pyridine rings is 1. The molecular weight excluding hydrogens is 393 g/mol. The van der Waals surface area contributed by atoms with Gasteiger partial charge in [-0.15, -0.1) is 0 Å². The van der Waals surface area contributed by atoms with Gasteiger partial charge in [0, 0.05) is 6.20 Å². The topological polar surface area (TPSA) is 51.1 Å². The molecule has 0 aliphatic rings. The molecule has 0 saturated heterocycles. The lowest BCUT2D eigenvalue weighted by Gasteiger charge is -2.16. The first-order valence-electron chi connectivity index (χ1n) is 8.82. The van der Waals surface area contributed by atoms with Crippen LogP contribution in [0, 0.1) is 5.92 Å². The van der Waals surface area contributed by atoms with Crippen molar-refractivity contribution in [2.45, 2.75) is 46.0 Å². The Kier molecular flexibility index (Phi) is 6.93. The molecule has 1 aromatic carbocycles. The van der Waals surface area contributed by atoms with Crippen molar-refractivity contribution in [2.75, 3.05) is 0 Å². The summed E-state index contributed by atoms with van der Waals surface area (Å²) in [6.45, 7) is 5.45. The van der Waals surface area contributed by atoms with E-state index in [0.29, 0.717) is 22.7 Å². The molecule has 152 valence electrons. The van der Waals surface area contributed by atoms with Crippen molar-refractivity contribution in [3.8, 4) is 0 Å². The largest absolute Gasteiger partial charge is 0.417 e. The zero-order chi connectivity index (χ0) is 21.1. The second-order valence-electron chi connectivity index (χ2n) is 7.14. The lowest BCUT2D eigenvalue weighted by Crippen LogP contribution is -2.34. The van der Waals surface area contributed by atoms with Crippen LogP contribution in [0.4, 0.5) is 13.2 Å². The third-order valence-electron chi connectivity index (χ3n) is 4.18. The van der Waals surface area contributed by atoms with Crippen LogP contribution in [0.2, 0.25) is 5.02 Å². The number of carbonyl (C=O) groups excluding carboxylic acids is 1. The van der Waals surface area contributed by atoms with Gasteiger partial charge in [0.15, 0.2) is 0 Å². The Morgan fingerprint density at radius 1 is 1.18 bits per heavy atom. The fourth-order valence-corrected chi connectivity index (χ4v) is 3.04. The van der Waals surface area contributed by atoms with Gasteiger partial charge >= 0.3 is 6.18 Å². The average molecular weight is 415 g/mol. The summed E-state index contributed by atoms with van der Waals surface area (Å²) in [5, 5.41) is 2.10. The van der Waals surface area contributed by atoms with Crippen LogP contribution in [-0.2, 0) is 23.9 Å². The highest BCUT2D eigenvalue weighted by Crippen LogP contribution is 2.29. The highest BCUT2D eigenvalue weighted by atomic mass is 35.5. The lowest BCUT2D eigenvalue weighted by atomic mass is 10.00. The van der Waals surface area contributed by atoms with Crippen molar-refractivity contribution in [2.24, 2.45) is 5.92 Å². The number of rotatable bonds is 6. The highest BCUT2D eigenvalue weighted by molar-refractivity contribution is 6.30. The third kappa shape index (κ3) is 5.86. The first-order valence-corrected chi connectivity index (χ1v) is 9.20. The summed E-state index contributed by atoms with van der Waals surface area (Å²) in [5.41, 5.74) is 0.104. The molecule has 2 aromatic rings. The van der Waals surface area contributed by atoms with E-state index in [2.05, 4.69) is 19.2 Å². The monoisotopic (exact) mass is 414 g/mol. The smallest absolute Gasteiger partial charge is 0.348 e. The zero-order valence-corrected chi connectivity index (χ0v) is 16.6. The van der Waals surface area contributed by atoms with Gasteiger partial charge in [-0.25, -0.2) is 0 Å². The van der Waals surface area contributed by atoms with Crippen LogP contribution in [0.1, 0.15) is 43.5 Å². The van der Waals surface area contributed by atoms with E-state index in [4.69, 9.17) is 11.6 Å². The SMILES string of the molecule is CC(C)Cc1ccc([C@H](C)NC(=O)Cn2cc(C(F)(F)F)cc(Cl)c2=O)cc1. The van der Waals surface area contributed by atoms with Crippen LogP contribution in [0.5, 0.6) is 0 Å². The van der Waals surface area contributed by atoms with Crippen LogP contribution in [0.25, 0.3) is 0 Å². The fraction of sp³-hybridized carbons (Fsp3) is 0.400. The number of halogens is 4. The van der Waals surface area contributed by atoms with Gasteiger partial charge in [-0.05, 0) is 36.5 Å². The molecule has 0 fully saturated rings. The van der Waals surface area contributed by atoms with Crippen LogP contribution in [0.15, 0.2) is 41.3 Å². The third-order valence-corrected chi connectivity index (χ3v) is 4.46. The number of hydrogen-bond donors (Lipinski definition) is 1. The lowest BCUT2D eigenvalue weighted by molar-refractivity contribution is -0.138.